The van der Waals surface area contributed by atoms with E-state index in [1.807, 2.05) is 30.8 Å². The molecule has 0 bridgehead atoms. The fourth-order valence-corrected chi connectivity index (χ4v) is 2.82. The van der Waals surface area contributed by atoms with Crippen LogP contribution in [0.2, 0.25) is 0 Å². The number of hydrogen-bond donors (Lipinski definition) is 1. The number of carbonyl (C=O) groups excluding carboxylic acids is 1. The highest BCUT2D eigenvalue weighted by Crippen LogP contribution is 2.25. The second-order valence-corrected chi connectivity index (χ2v) is 5.63. The quantitative estimate of drug-likeness (QED) is 0.341. The van der Waals surface area contributed by atoms with Crippen LogP contribution in [0.25, 0.3) is 0 Å². The molecule has 1 rings (SSSR count). The lowest BCUT2D eigenvalue weighted by atomic mass is 10.2. The average molecular weight is 281 g/mol. The normalized spacial score (nSPS) is 10.4. The van der Waals surface area contributed by atoms with Gasteiger partial charge in [0.25, 0.3) is 0 Å². The molecule has 1 aromatic rings. The van der Waals surface area contributed by atoms with Crippen molar-refractivity contribution in [2.24, 2.45) is 0 Å². The summed E-state index contributed by atoms with van der Waals surface area (Å²) in [6, 6.07) is 6.02. The van der Waals surface area contributed by atoms with Gasteiger partial charge in [0.05, 0.1) is 6.61 Å². The molecular formula is C15H23NO2S. The predicted molar refractivity (Wildman–Crippen MR) is 81.4 cm³/mol. The number of anilines is 1. The second-order valence-electron chi connectivity index (χ2n) is 4.49. The van der Waals surface area contributed by atoms with Crippen molar-refractivity contribution >= 4 is 23.4 Å². The first-order valence-corrected chi connectivity index (χ1v) is 7.76. The Morgan fingerprint density at radius 1 is 1.32 bits per heavy atom. The summed E-state index contributed by atoms with van der Waals surface area (Å²) < 4.78 is 4.89. The van der Waals surface area contributed by atoms with E-state index in [1.165, 1.54) is 10.5 Å². The number of benzene rings is 1. The number of thioether (sulfide) groups is 1. The lowest BCUT2D eigenvalue weighted by Gasteiger charge is -2.06. The summed E-state index contributed by atoms with van der Waals surface area (Å²) in [7, 11) is 0. The molecule has 0 amide bonds. The Morgan fingerprint density at radius 3 is 2.79 bits per heavy atom. The van der Waals surface area contributed by atoms with Crippen molar-refractivity contribution in [2.75, 3.05) is 18.1 Å². The maximum Gasteiger partial charge on any atom is 0.305 e. The SMILES string of the molecule is CCOC(=O)CCCCCSc1ccc(N)cc1C. The third-order valence-electron chi connectivity index (χ3n) is 2.79. The minimum absolute atomic E-state index is 0.0791. The van der Waals surface area contributed by atoms with Crippen LogP contribution in [-0.4, -0.2) is 18.3 Å². The Balaban J connectivity index is 2.12. The fraction of sp³-hybridized carbons (Fsp3) is 0.533. The van der Waals surface area contributed by atoms with E-state index in [9.17, 15) is 4.79 Å². The number of nitrogen functional groups attached to an aromatic ring is 1. The molecule has 0 radical (unpaired) electrons. The number of hydrogen-bond acceptors (Lipinski definition) is 4. The van der Waals surface area contributed by atoms with Gasteiger partial charge in [-0.2, -0.15) is 0 Å². The van der Waals surface area contributed by atoms with Crippen LogP contribution < -0.4 is 5.73 Å². The van der Waals surface area contributed by atoms with Gasteiger partial charge in [-0.05, 0) is 56.2 Å². The van der Waals surface area contributed by atoms with Gasteiger partial charge in [-0.25, -0.2) is 0 Å². The molecule has 4 heteroatoms. The number of aryl methyl sites for hydroxylation is 1. The number of rotatable bonds is 8. The number of carbonyl (C=O) groups is 1. The van der Waals surface area contributed by atoms with Crippen molar-refractivity contribution in [3.63, 3.8) is 0 Å². The summed E-state index contributed by atoms with van der Waals surface area (Å²) in [6.07, 6.45) is 3.65. The number of unbranched alkanes of at least 4 members (excludes halogenated alkanes) is 2. The number of nitrogens with two attached hydrogens (primary N) is 1. The lowest BCUT2D eigenvalue weighted by Crippen LogP contribution is -2.03. The Bertz CT molecular complexity index is 407. The molecule has 0 atom stereocenters. The van der Waals surface area contributed by atoms with Gasteiger partial charge in [0.15, 0.2) is 0 Å². The molecule has 0 saturated carbocycles. The molecule has 0 aliphatic rings. The molecule has 0 unspecified atom stereocenters. The van der Waals surface area contributed by atoms with Gasteiger partial charge in [0.1, 0.15) is 0 Å². The van der Waals surface area contributed by atoms with Gasteiger partial charge in [-0.3, -0.25) is 4.79 Å². The number of esters is 1. The van der Waals surface area contributed by atoms with E-state index in [0.717, 1.165) is 30.7 Å². The molecule has 19 heavy (non-hydrogen) atoms. The zero-order valence-corrected chi connectivity index (χ0v) is 12.6. The molecule has 0 aromatic heterocycles. The minimum Gasteiger partial charge on any atom is -0.466 e. The average Bonchev–Trinajstić information content (AvgIpc) is 2.36. The highest BCUT2D eigenvalue weighted by molar-refractivity contribution is 7.99. The molecule has 0 fully saturated rings. The standard InChI is InChI=1S/C15H23NO2S/c1-3-18-15(17)7-5-4-6-10-19-14-9-8-13(16)11-12(14)2/h8-9,11H,3-7,10,16H2,1-2H3. The van der Waals surface area contributed by atoms with E-state index in [2.05, 4.69) is 13.0 Å². The Kier molecular flexibility index (Phi) is 7.41. The molecule has 106 valence electrons. The summed E-state index contributed by atoms with van der Waals surface area (Å²) in [5.74, 6) is 0.998. The van der Waals surface area contributed by atoms with Gasteiger partial charge < -0.3 is 10.5 Å². The van der Waals surface area contributed by atoms with Crippen LogP contribution in [0.4, 0.5) is 5.69 Å². The van der Waals surface area contributed by atoms with E-state index < -0.39 is 0 Å². The Hall–Kier alpha value is -1.16. The largest absolute Gasteiger partial charge is 0.466 e. The molecular weight excluding hydrogens is 258 g/mol. The lowest BCUT2D eigenvalue weighted by molar-refractivity contribution is -0.143. The topological polar surface area (TPSA) is 52.3 Å². The molecule has 2 N–H and O–H groups in total. The van der Waals surface area contributed by atoms with Gasteiger partial charge in [-0.15, -0.1) is 11.8 Å². The Morgan fingerprint density at radius 2 is 2.11 bits per heavy atom. The maximum atomic E-state index is 11.1. The van der Waals surface area contributed by atoms with Crippen LogP contribution in [0.15, 0.2) is 23.1 Å². The van der Waals surface area contributed by atoms with E-state index in [0.29, 0.717) is 13.0 Å². The first-order chi connectivity index (χ1) is 9.13. The molecule has 0 spiro atoms. The van der Waals surface area contributed by atoms with Crippen LogP contribution in [0.3, 0.4) is 0 Å². The molecule has 3 nitrogen and oxygen atoms in total. The second kappa shape index (κ2) is 8.86. The van der Waals surface area contributed by atoms with Crippen molar-refractivity contribution in [3.8, 4) is 0 Å². The van der Waals surface area contributed by atoms with Crippen molar-refractivity contribution < 1.29 is 9.53 Å². The summed E-state index contributed by atoms with van der Waals surface area (Å²) in [5.41, 5.74) is 7.77. The van der Waals surface area contributed by atoms with E-state index in [-0.39, 0.29) is 5.97 Å². The van der Waals surface area contributed by atoms with Crippen molar-refractivity contribution in [3.05, 3.63) is 23.8 Å². The monoisotopic (exact) mass is 281 g/mol. The highest BCUT2D eigenvalue weighted by atomic mass is 32.2. The van der Waals surface area contributed by atoms with E-state index >= 15 is 0 Å². The summed E-state index contributed by atoms with van der Waals surface area (Å²) >= 11 is 1.85. The number of ether oxygens (including phenoxy) is 1. The van der Waals surface area contributed by atoms with Gasteiger partial charge >= 0.3 is 5.97 Å². The maximum absolute atomic E-state index is 11.1. The van der Waals surface area contributed by atoms with Crippen molar-refractivity contribution in [1.29, 1.82) is 0 Å². The smallest absolute Gasteiger partial charge is 0.305 e. The van der Waals surface area contributed by atoms with Gasteiger partial charge in [0, 0.05) is 17.0 Å². The summed E-state index contributed by atoms with van der Waals surface area (Å²) in [5, 5.41) is 0. The minimum atomic E-state index is -0.0791. The summed E-state index contributed by atoms with van der Waals surface area (Å²) in [6.45, 7) is 4.40. The third kappa shape index (κ3) is 6.53. The van der Waals surface area contributed by atoms with Crippen molar-refractivity contribution in [1.82, 2.24) is 0 Å². The first kappa shape index (κ1) is 15.9. The molecule has 0 aliphatic heterocycles. The molecule has 0 saturated heterocycles. The summed E-state index contributed by atoms with van der Waals surface area (Å²) in [4.78, 5) is 12.4. The first-order valence-electron chi connectivity index (χ1n) is 6.78. The molecule has 0 aliphatic carbocycles. The molecule has 1 aromatic carbocycles. The predicted octanol–water partition coefficient (Wildman–Crippen LogP) is 3.79. The van der Waals surface area contributed by atoms with Crippen LogP contribution in [0.5, 0.6) is 0 Å². The zero-order valence-electron chi connectivity index (χ0n) is 11.8. The van der Waals surface area contributed by atoms with Crippen LogP contribution >= 0.6 is 11.8 Å². The Labute approximate surface area is 119 Å². The third-order valence-corrected chi connectivity index (χ3v) is 4.05. The van der Waals surface area contributed by atoms with Crippen LogP contribution in [0.1, 0.15) is 38.2 Å². The van der Waals surface area contributed by atoms with E-state index in [4.69, 9.17) is 10.5 Å². The van der Waals surface area contributed by atoms with Gasteiger partial charge in [0.2, 0.25) is 0 Å². The fourth-order valence-electron chi connectivity index (χ4n) is 1.80. The van der Waals surface area contributed by atoms with Gasteiger partial charge in [-0.1, -0.05) is 6.42 Å². The van der Waals surface area contributed by atoms with Crippen molar-refractivity contribution in [2.45, 2.75) is 44.4 Å². The molecule has 0 heterocycles. The van der Waals surface area contributed by atoms with Crippen LogP contribution in [-0.2, 0) is 9.53 Å². The zero-order chi connectivity index (χ0) is 14.1. The van der Waals surface area contributed by atoms with Crippen LogP contribution in [0, 0.1) is 6.92 Å². The highest BCUT2D eigenvalue weighted by Gasteiger charge is 2.02. The van der Waals surface area contributed by atoms with E-state index in [1.54, 1.807) is 0 Å².